The summed E-state index contributed by atoms with van der Waals surface area (Å²) < 4.78 is 0. The number of hydrogen-bond acceptors (Lipinski definition) is 4. The number of hydrogen-bond donors (Lipinski definition) is 3. The number of carboxylic acid groups (broad SMARTS) is 1. The summed E-state index contributed by atoms with van der Waals surface area (Å²) in [7, 11) is 0. The lowest BCUT2D eigenvalue weighted by atomic mass is 10.1. The fourth-order valence-corrected chi connectivity index (χ4v) is 3.09. The topological polar surface area (TPSA) is 90.9 Å². The zero-order valence-corrected chi connectivity index (χ0v) is 15.9. The number of aryl methyl sites for hydroxylation is 1. The van der Waals surface area contributed by atoms with Crippen LogP contribution in [0, 0.1) is 0 Å². The number of para-hydroxylation sites is 1. The van der Waals surface area contributed by atoms with E-state index in [1.165, 1.54) is 5.56 Å². The molecule has 3 N–H and O–H groups in total. The van der Waals surface area contributed by atoms with Gasteiger partial charge in [0.05, 0.1) is 28.2 Å². The first-order valence-corrected chi connectivity index (χ1v) is 9.34. The summed E-state index contributed by atoms with van der Waals surface area (Å²) in [5.74, 6) is -0.969. The summed E-state index contributed by atoms with van der Waals surface area (Å²) in [6.45, 7) is 2.10. The van der Waals surface area contributed by atoms with E-state index in [0.29, 0.717) is 5.69 Å². The second-order valence-corrected chi connectivity index (χ2v) is 6.62. The van der Waals surface area contributed by atoms with E-state index in [1.54, 1.807) is 24.3 Å². The molecule has 0 bridgehead atoms. The van der Waals surface area contributed by atoms with Crippen molar-refractivity contribution in [2.75, 3.05) is 5.32 Å². The van der Waals surface area contributed by atoms with Gasteiger partial charge in [-0.3, -0.25) is 10.1 Å². The number of fused-ring (bicyclic) bond motifs is 1. The number of carboxylic acids is 1. The van der Waals surface area contributed by atoms with E-state index >= 15 is 0 Å². The molecule has 0 aliphatic heterocycles. The molecule has 0 fully saturated rings. The van der Waals surface area contributed by atoms with Gasteiger partial charge in [-0.1, -0.05) is 25.1 Å². The fraction of sp³-hybridized carbons (Fsp3) is 0.0870. The third-order valence-corrected chi connectivity index (χ3v) is 4.70. The van der Waals surface area contributed by atoms with E-state index in [2.05, 4.69) is 33.5 Å². The number of anilines is 2. The molecule has 0 amide bonds. The van der Waals surface area contributed by atoms with E-state index in [9.17, 15) is 9.90 Å². The molecule has 0 atom stereocenters. The van der Waals surface area contributed by atoms with Crippen LogP contribution in [0.2, 0.25) is 0 Å². The Morgan fingerprint density at radius 2 is 2.00 bits per heavy atom. The molecule has 2 aromatic heterocycles. The number of aromatic nitrogens is 3. The molecule has 6 heteroatoms. The Kier molecular flexibility index (Phi) is 5.07. The van der Waals surface area contributed by atoms with Crippen LogP contribution in [0.5, 0.6) is 0 Å². The Balaban J connectivity index is 1.57. The molecule has 2 heterocycles. The molecule has 0 aliphatic rings. The van der Waals surface area contributed by atoms with Crippen LogP contribution in [-0.2, 0) is 6.42 Å². The number of benzene rings is 2. The molecule has 0 saturated heterocycles. The first-order chi connectivity index (χ1) is 14.1. The smallest absolute Gasteiger partial charge is 0.337 e. The van der Waals surface area contributed by atoms with E-state index in [4.69, 9.17) is 0 Å². The first-order valence-electron chi connectivity index (χ1n) is 9.34. The summed E-state index contributed by atoms with van der Waals surface area (Å²) in [4.78, 5) is 15.8. The van der Waals surface area contributed by atoms with Crippen molar-refractivity contribution < 1.29 is 9.90 Å². The minimum atomic E-state index is -0.969. The third kappa shape index (κ3) is 4.01. The van der Waals surface area contributed by atoms with E-state index < -0.39 is 5.97 Å². The minimum absolute atomic E-state index is 0.224. The number of rotatable bonds is 6. The molecule has 0 radical (unpaired) electrons. The van der Waals surface area contributed by atoms with Crippen molar-refractivity contribution in [3.05, 3.63) is 83.3 Å². The van der Waals surface area contributed by atoms with Crippen molar-refractivity contribution in [2.45, 2.75) is 13.3 Å². The van der Waals surface area contributed by atoms with Crippen molar-refractivity contribution in [2.24, 2.45) is 0 Å². The van der Waals surface area contributed by atoms with Crippen LogP contribution in [0.25, 0.3) is 23.1 Å². The van der Waals surface area contributed by atoms with Crippen LogP contribution >= 0.6 is 0 Å². The number of nitrogens with one attached hydrogen (secondary N) is 2. The monoisotopic (exact) mass is 384 g/mol. The van der Waals surface area contributed by atoms with Crippen LogP contribution in [0.15, 0.2) is 60.8 Å². The molecule has 144 valence electrons. The SMILES string of the molecule is CCc1ccc(/C=C/c2n[nH]c3cc(Nc4ccccc4C(=O)O)ccc23)nc1. The van der Waals surface area contributed by atoms with Gasteiger partial charge in [0.2, 0.25) is 0 Å². The number of aromatic amines is 1. The Morgan fingerprint density at radius 3 is 2.76 bits per heavy atom. The first kappa shape index (κ1) is 18.4. The van der Waals surface area contributed by atoms with Gasteiger partial charge in [0.15, 0.2) is 0 Å². The van der Waals surface area contributed by atoms with E-state index in [-0.39, 0.29) is 5.56 Å². The van der Waals surface area contributed by atoms with Gasteiger partial charge in [0.1, 0.15) is 0 Å². The Hall–Kier alpha value is -3.93. The van der Waals surface area contributed by atoms with Crippen molar-refractivity contribution in [1.29, 1.82) is 0 Å². The maximum Gasteiger partial charge on any atom is 0.337 e. The molecule has 6 nitrogen and oxygen atoms in total. The zero-order chi connectivity index (χ0) is 20.2. The highest BCUT2D eigenvalue weighted by molar-refractivity contribution is 5.96. The third-order valence-electron chi connectivity index (χ3n) is 4.70. The Bertz CT molecular complexity index is 1190. The highest BCUT2D eigenvalue weighted by Gasteiger charge is 2.10. The van der Waals surface area contributed by atoms with Gasteiger partial charge in [-0.2, -0.15) is 5.10 Å². The molecule has 0 unspecified atom stereocenters. The van der Waals surface area contributed by atoms with Gasteiger partial charge in [0, 0.05) is 17.3 Å². The van der Waals surface area contributed by atoms with E-state index in [0.717, 1.165) is 34.4 Å². The van der Waals surface area contributed by atoms with Gasteiger partial charge >= 0.3 is 5.97 Å². The van der Waals surface area contributed by atoms with Crippen LogP contribution in [0.3, 0.4) is 0 Å². The molecule has 29 heavy (non-hydrogen) atoms. The summed E-state index contributed by atoms with van der Waals surface area (Å²) in [5, 5.41) is 20.9. The van der Waals surface area contributed by atoms with Gasteiger partial charge in [-0.05, 0) is 60.5 Å². The largest absolute Gasteiger partial charge is 0.478 e. The quantitative estimate of drug-likeness (QED) is 0.428. The zero-order valence-electron chi connectivity index (χ0n) is 15.9. The normalized spacial score (nSPS) is 11.2. The summed E-state index contributed by atoms with van der Waals surface area (Å²) in [5.41, 5.74) is 5.31. The summed E-state index contributed by atoms with van der Waals surface area (Å²) in [6.07, 6.45) is 6.72. The van der Waals surface area contributed by atoms with E-state index in [1.807, 2.05) is 42.6 Å². The fourth-order valence-electron chi connectivity index (χ4n) is 3.09. The van der Waals surface area contributed by atoms with Gasteiger partial charge < -0.3 is 10.4 Å². The second-order valence-electron chi connectivity index (χ2n) is 6.62. The van der Waals surface area contributed by atoms with Gasteiger partial charge in [-0.25, -0.2) is 4.79 Å². The van der Waals surface area contributed by atoms with Crippen molar-refractivity contribution >= 4 is 40.4 Å². The summed E-state index contributed by atoms with van der Waals surface area (Å²) in [6, 6.07) is 16.7. The molecule has 0 saturated carbocycles. The lowest BCUT2D eigenvalue weighted by molar-refractivity contribution is 0.0698. The molecular formula is C23H20N4O2. The predicted molar refractivity (Wildman–Crippen MR) is 115 cm³/mol. The van der Waals surface area contributed by atoms with Crippen molar-refractivity contribution in [3.8, 4) is 0 Å². The molecule has 2 aromatic carbocycles. The van der Waals surface area contributed by atoms with Crippen molar-refractivity contribution in [3.63, 3.8) is 0 Å². The van der Waals surface area contributed by atoms with Gasteiger partial charge in [0.25, 0.3) is 0 Å². The van der Waals surface area contributed by atoms with Crippen LogP contribution in [0.1, 0.15) is 34.2 Å². The highest BCUT2D eigenvalue weighted by Crippen LogP contribution is 2.26. The molecule has 0 aliphatic carbocycles. The second kappa shape index (κ2) is 7.98. The summed E-state index contributed by atoms with van der Waals surface area (Å²) >= 11 is 0. The highest BCUT2D eigenvalue weighted by atomic mass is 16.4. The maximum atomic E-state index is 11.4. The number of aromatic carboxylic acids is 1. The van der Waals surface area contributed by atoms with Crippen molar-refractivity contribution in [1.82, 2.24) is 15.2 Å². The number of pyridine rings is 1. The molecule has 0 spiro atoms. The Labute approximate surface area is 167 Å². The minimum Gasteiger partial charge on any atom is -0.478 e. The lowest BCUT2D eigenvalue weighted by Crippen LogP contribution is -2.02. The van der Waals surface area contributed by atoms with Gasteiger partial charge in [-0.15, -0.1) is 0 Å². The van der Waals surface area contributed by atoms with Crippen LogP contribution < -0.4 is 5.32 Å². The predicted octanol–water partition coefficient (Wildman–Crippen LogP) is 5.13. The van der Waals surface area contributed by atoms with Crippen LogP contribution in [-0.4, -0.2) is 26.3 Å². The average Bonchev–Trinajstić information content (AvgIpc) is 3.15. The Morgan fingerprint density at radius 1 is 1.14 bits per heavy atom. The standard InChI is InChI=1S/C23H20N4O2/c1-2-15-7-8-16(24-14-15)10-12-21-18-11-9-17(13-22(18)27-26-21)25-20-6-4-3-5-19(20)23(28)29/h3-14,25H,2H2,1H3,(H,26,27)(H,28,29)/b12-10+. The number of H-pyrrole nitrogens is 1. The molecular weight excluding hydrogens is 364 g/mol. The maximum absolute atomic E-state index is 11.4. The molecule has 4 rings (SSSR count). The number of nitrogens with zero attached hydrogens (tertiary/aromatic N) is 2. The average molecular weight is 384 g/mol. The van der Waals surface area contributed by atoms with Crippen LogP contribution in [0.4, 0.5) is 11.4 Å². The number of carbonyl (C=O) groups is 1. The molecule has 4 aromatic rings. The lowest BCUT2D eigenvalue weighted by Gasteiger charge is -2.09.